The predicted molar refractivity (Wildman–Crippen MR) is 75.5 cm³/mol. The quantitative estimate of drug-likeness (QED) is 0.528. The molecule has 0 aromatic rings. The number of ether oxygens (including phenoxy) is 1. The average molecular weight is 262 g/mol. The maximum absolute atomic E-state index is 11.4. The van der Waals surface area contributed by atoms with Gasteiger partial charge in [0.2, 0.25) is 0 Å². The third-order valence-corrected chi connectivity index (χ3v) is 6.79. The summed E-state index contributed by atoms with van der Waals surface area (Å²) in [6.07, 6.45) is 6.20. The first-order valence-corrected chi connectivity index (χ1v) is 7.69. The van der Waals surface area contributed by atoms with Gasteiger partial charge in [0.05, 0.1) is 0 Å². The second-order valence-electron chi connectivity index (χ2n) is 7.39. The molecular weight excluding hydrogens is 236 g/mol. The Morgan fingerprint density at radius 2 is 2.11 bits per heavy atom. The summed E-state index contributed by atoms with van der Waals surface area (Å²) < 4.78 is 5.72. The van der Waals surface area contributed by atoms with Gasteiger partial charge in [0, 0.05) is 12.3 Å². The van der Waals surface area contributed by atoms with E-state index in [4.69, 9.17) is 4.74 Å². The van der Waals surface area contributed by atoms with E-state index in [0.29, 0.717) is 17.3 Å². The van der Waals surface area contributed by atoms with Crippen LogP contribution in [0.3, 0.4) is 0 Å². The van der Waals surface area contributed by atoms with E-state index in [-0.39, 0.29) is 17.5 Å². The lowest BCUT2D eigenvalue weighted by Gasteiger charge is -2.43. The van der Waals surface area contributed by atoms with Crippen molar-refractivity contribution in [1.29, 1.82) is 0 Å². The fourth-order valence-corrected chi connectivity index (χ4v) is 5.85. The predicted octanol–water partition coefficient (Wildman–Crippen LogP) is 3.96. The molecule has 1 unspecified atom stereocenters. The summed E-state index contributed by atoms with van der Waals surface area (Å²) >= 11 is 0. The minimum absolute atomic E-state index is 0.0532. The first-order chi connectivity index (χ1) is 8.83. The molecule has 3 aliphatic carbocycles. The Balaban J connectivity index is 2.06. The highest BCUT2D eigenvalue weighted by Crippen LogP contribution is 2.73. The molecule has 2 heteroatoms. The molecule has 3 rings (SSSR count). The Hall–Kier alpha value is -0.790. The molecule has 6 atom stereocenters. The van der Waals surface area contributed by atoms with Crippen LogP contribution in [0.15, 0.2) is 11.6 Å². The molecule has 1 spiro atoms. The summed E-state index contributed by atoms with van der Waals surface area (Å²) in [5, 5.41) is 0. The van der Waals surface area contributed by atoms with Crippen molar-refractivity contribution in [2.24, 2.45) is 28.6 Å². The normalized spacial score (nSPS) is 51.7. The zero-order valence-corrected chi connectivity index (χ0v) is 12.8. The first kappa shape index (κ1) is 13.2. The van der Waals surface area contributed by atoms with Crippen molar-refractivity contribution in [2.45, 2.75) is 60.0 Å². The van der Waals surface area contributed by atoms with Crippen LogP contribution in [-0.2, 0) is 9.53 Å². The molecule has 2 fully saturated rings. The van der Waals surface area contributed by atoms with Gasteiger partial charge < -0.3 is 4.74 Å². The average Bonchev–Trinajstić information content (AvgIpc) is 2.82. The van der Waals surface area contributed by atoms with Crippen LogP contribution in [0.2, 0.25) is 0 Å². The molecule has 0 aromatic carbocycles. The lowest BCUT2D eigenvalue weighted by Crippen LogP contribution is -2.42. The van der Waals surface area contributed by atoms with Gasteiger partial charge in [-0.05, 0) is 49.4 Å². The molecule has 0 saturated heterocycles. The van der Waals surface area contributed by atoms with Crippen LogP contribution in [0.1, 0.15) is 53.9 Å². The van der Waals surface area contributed by atoms with Crippen LogP contribution in [0, 0.1) is 28.6 Å². The second-order valence-corrected chi connectivity index (χ2v) is 7.39. The first-order valence-electron chi connectivity index (χ1n) is 7.69. The van der Waals surface area contributed by atoms with Gasteiger partial charge in [-0.1, -0.05) is 32.4 Å². The number of hydrogen-bond donors (Lipinski definition) is 0. The summed E-state index contributed by atoms with van der Waals surface area (Å²) in [4.78, 5) is 11.4. The summed E-state index contributed by atoms with van der Waals surface area (Å²) in [5.41, 5.74) is 1.90. The van der Waals surface area contributed by atoms with E-state index in [9.17, 15) is 4.79 Å². The molecule has 3 aliphatic rings. The van der Waals surface area contributed by atoms with Crippen molar-refractivity contribution in [3.63, 3.8) is 0 Å². The van der Waals surface area contributed by atoms with Crippen molar-refractivity contribution >= 4 is 5.97 Å². The third-order valence-electron chi connectivity index (χ3n) is 6.79. The lowest BCUT2D eigenvalue weighted by atomic mass is 9.61. The Morgan fingerprint density at radius 1 is 1.42 bits per heavy atom. The highest BCUT2D eigenvalue weighted by molar-refractivity contribution is 5.66. The number of carbonyl (C=O) groups excluding carboxylic acids is 1. The molecule has 0 bridgehead atoms. The maximum atomic E-state index is 11.4. The highest BCUT2D eigenvalue weighted by Gasteiger charge is 2.70. The molecule has 0 amide bonds. The second kappa shape index (κ2) is 3.86. The van der Waals surface area contributed by atoms with E-state index >= 15 is 0 Å². The standard InChI is InChI=1S/C17H26O2/c1-10-6-7-17-12(3)11(2)9-16(17,5)15(8-14(10)17)19-13(4)18/h9-10,12,14-15H,6-8H2,1-5H3/t10-,12+,14+,15?,16-,17-/m1/s1. The van der Waals surface area contributed by atoms with Gasteiger partial charge >= 0.3 is 5.97 Å². The van der Waals surface area contributed by atoms with Crippen LogP contribution in [0.4, 0.5) is 0 Å². The number of allylic oxidation sites excluding steroid dienone is 1. The summed E-state index contributed by atoms with van der Waals surface area (Å²) in [6.45, 7) is 10.9. The largest absolute Gasteiger partial charge is 0.462 e. The van der Waals surface area contributed by atoms with E-state index in [1.165, 1.54) is 18.4 Å². The highest BCUT2D eigenvalue weighted by atomic mass is 16.5. The Bertz CT molecular complexity index is 452. The van der Waals surface area contributed by atoms with Gasteiger partial charge in [0.1, 0.15) is 6.10 Å². The fourth-order valence-electron chi connectivity index (χ4n) is 5.85. The lowest BCUT2D eigenvalue weighted by molar-refractivity contribution is -0.151. The van der Waals surface area contributed by atoms with Crippen molar-refractivity contribution in [1.82, 2.24) is 0 Å². The van der Waals surface area contributed by atoms with Gasteiger partial charge in [-0.3, -0.25) is 4.79 Å². The van der Waals surface area contributed by atoms with Gasteiger partial charge in [0.25, 0.3) is 0 Å². The molecule has 0 N–H and O–H groups in total. The Labute approximate surface area is 116 Å². The van der Waals surface area contributed by atoms with Crippen molar-refractivity contribution in [3.8, 4) is 0 Å². The molecule has 2 nitrogen and oxygen atoms in total. The van der Waals surface area contributed by atoms with E-state index in [2.05, 4.69) is 33.8 Å². The SMILES string of the molecule is CC(=O)OC1C[C@H]2[C@H](C)CC[C@@]23[C@@H](C)C(C)=C[C@]13C. The molecule has 0 aromatic heterocycles. The molecule has 106 valence electrons. The van der Waals surface area contributed by atoms with Crippen LogP contribution < -0.4 is 0 Å². The summed E-state index contributed by atoms with van der Waals surface area (Å²) in [6, 6.07) is 0. The van der Waals surface area contributed by atoms with Crippen molar-refractivity contribution in [3.05, 3.63) is 11.6 Å². The third kappa shape index (κ3) is 1.41. The number of esters is 1. The fraction of sp³-hybridized carbons (Fsp3) is 0.824. The van der Waals surface area contributed by atoms with Crippen LogP contribution >= 0.6 is 0 Å². The van der Waals surface area contributed by atoms with Gasteiger partial charge in [0.15, 0.2) is 0 Å². The molecule has 0 heterocycles. The van der Waals surface area contributed by atoms with Gasteiger partial charge in [-0.2, -0.15) is 0 Å². The Kier molecular flexibility index (Phi) is 2.69. The topological polar surface area (TPSA) is 26.3 Å². The number of carbonyl (C=O) groups is 1. The summed E-state index contributed by atoms with van der Waals surface area (Å²) in [7, 11) is 0. The summed E-state index contributed by atoms with van der Waals surface area (Å²) in [5.74, 6) is 1.99. The van der Waals surface area contributed by atoms with Crippen LogP contribution in [-0.4, -0.2) is 12.1 Å². The number of rotatable bonds is 1. The molecule has 0 radical (unpaired) electrons. The minimum Gasteiger partial charge on any atom is -0.462 e. The van der Waals surface area contributed by atoms with Crippen LogP contribution in [0.5, 0.6) is 0 Å². The minimum atomic E-state index is -0.125. The zero-order valence-electron chi connectivity index (χ0n) is 12.8. The molecule has 19 heavy (non-hydrogen) atoms. The maximum Gasteiger partial charge on any atom is 0.302 e. The van der Waals surface area contributed by atoms with Gasteiger partial charge in [-0.15, -0.1) is 0 Å². The van der Waals surface area contributed by atoms with E-state index in [1.54, 1.807) is 6.92 Å². The molecule has 0 aliphatic heterocycles. The van der Waals surface area contributed by atoms with Crippen molar-refractivity contribution < 1.29 is 9.53 Å². The number of hydrogen-bond acceptors (Lipinski definition) is 2. The van der Waals surface area contributed by atoms with Crippen LogP contribution in [0.25, 0.3) is 0 Å². The van der Waals surface area contributed by atoms with Gasteiger partial charge in [-0.25, -0.2) is 0 Å². The van der Waals surface area contributed by atoms with E-state index in [1.807, 2.05) is 0 Å². The van der Waals surface area contributed by atoms with E-state index in [0.717, 1.165) is 12.3 Å². The Morgan fingerprint density at radius 3 is 2.74 bits per heavy atom. The monoisotopic (exact) mass is 262 g/mol. The smallest absolute Gasteiger partial charge is 0.302 e. The zero-order chi connectivity index (χ0) is 14.0. The van der Waals surface area contributed by atoms with Crippen molar-refractivity contribution in [2.75, 3.05) is 0 Å². The molecule has 2 saturated carbocycles. The van der Waals surface area contributed by atoms with E-state index < -0.39 is 0 Å². The molecular formula is C17H26O2.